The van der Waals surface area contributed by atoms with E-state index >= 15 is 0 Å². The first kappa shape index (κ1) is 24.4. The van der Waals surface area contributed by atoms with Crippen LogP contribution in [0.4, 0.5) is 0 Å². The van der Waals surface area contributed by atoms with Gasteiger partial charge in [-0.2, -0.15) is 0 Å². The molecule has 37 heavy (non-hydrogen) atoms. The molecule has 1 amide bonds. The Hall–Kier alpha value is -4.32. The minimum absolute atomic E-state index is 0.0112. The van der Waals surface area contributed by atoms with Crippen molar-refractivity contribution in [3.63, 3.8) is 0 Å². The van der Waals surface area contributed by atoms with Crippen molar-refractivity contribution in [3.05, 3.63) is 93.7 Å². The van der Waals surface area contributed by atoms with Gasteiger partial charge in [0.25, 0.3) is 11.5 Å². The predicted molar refractivity (Wildman–Crippen MR) is 135 cm³/mol. The van der Waals surface area contributed by atoms with E-state index in [0.29, 0.717) is 24.0 Å². The summed E-state index contributed by atoms with van der Waals surface area (Å²) in [6.07, 6.45) is 3.71. The lowest BCUT2D eigenvalue weighted by atomic mass is 10.1. The van der Waals surface area contributed by atoms with Gasteiger partial charge in [-0.25, -0.2) is 13.2 Å². The molecule has 0 fully saturated rings. The van der Waals surface area contributed by atoms with Gasteiger partial charge >= 0.3 is 5.69 Å². The zero-order valence-electron chi connectivity index (χ0n) is 19.8. The Balaban J connectivity index is 1.34. The largest absolute Gasteiger partial charge is 0.352 e. The average Bonchev–Trinajstić information content (AvgIpc) is 3.44. The first-order valence-electron chi connectivity index (χ1n) is 11.8. The molecule has 0 spiro atoms. The van der Waals surface area contributed by atoms with E-state index in [1.54, 1.807) is 71.8 Å². The lowest BCUT2D eigenvalue weighted by Crippen LogP contribution is -2.45. The van der Waals surface area contributed by atoms with Crippen LogP contribution in [0.2, 0.25) is 0 Å². The third-order valence-electron chi connectivity index (χ3n) is 6.22. The van der Waals surface area contributed by atoms with E-state index in [9.17, 15) is 22.8 Å². The molecule has 3 heterocycles. The molecule has 4 aromatic rings. The molecule has 1 aliphatic heterocycles. The van der Waals surface area contributed by atoms with Crippen molar-refractivity contribution in [2.45, 2.75) is 31.0 Å². The van der Waals surface area contributed by atoms with Crippen molar-refractivity contribution in [2.75, 3.05) is 12.3 Å². The molecule has 12 heteroatoms. The minimum atomic E-state index is -3.78. The van der Waals surface area contributed by atoms with Crippen LogP contribution in [0.3, 0.4) is 0 Å². The molecule has 1 aliphatic rings. The second-order valence-corrected chi connectivity index (χ2v) is 10.7. The number of carbonyl (C=O) groups excluding carboxylic acids is 1. The molecule has 1 N–H and O–H groups in total. The number of fused-ring (bicyclic) bond motifs is 1. The maximum absolute atomic E-state index is 13.4. The van der Waals surface area contributed by atoms with E-state index < -0.39 is 21.1 Å². The quantitative estimate of drug-likeness (QED) is 0.286. The van der Waals surface area contributed by atoms with Crippen molar-refractivity contribution in [2.24, 2.45) is 0 Å². The van der Waals surface area contributed by atoms with Gasteiger partial charge in [0.2, 0.25) is 0 Å². The van der Waals surface area contributed by atoms with Crippen LogP contribution in [0.25, 0.3) is 16.8 Å². The molecular weight excluding hydrogens is 496 g/mol. The molecule has 190 valence electrons. The lowest BCUT2D eigenvalue weighted by Gasteiger charge is -2.23. The molecule has 0 bridgehead atoms. The van der Waals surface area contributed by atoms with Crippen LogP contribution in [0.5, 0.6) is 0 Å². The van der Waals surface area contributed by atoms with Crippen LogP contribution >= 0.6 is 0 Å². The summed E-state index contributed by atoms with van der Waals surface area (Å²) in [4.78, 5) is 39.1. The first-order chi connectivity index (χ1) is 17.9. The molecule has 5 rings (SSSR count). The number of carbonyl (C=O) groups is 1. The topological polar surface area (TPSA) is 138 Å². The summed E-state index contributed by atoms with van der Waals surface area (Å²) in [5.41, 5.74) is 0.419. The molecule has 2 aromatic heterocycles. The highest BCUT2D eigenvalue weighted by molar-refractivity contribution is 7.91. The van der Waals surface area contributed by atoms with Gasteiger partial charge in [0, 0.05) is 30.9 Å². The summed E-state index contributed by atoms with van der Waals surface area (Å²) >= 11 is 0. The number of benzene rings is 2. The van der Waals surface area contributed by atoms with Crippen LogP contribution in [-0.2, 0) is 22.9 Å². The van der Waals surface area contributed by atoms with Gasteiger partial charge in [-0.05, 0) is 42.7 Å². The van der Waals surface area contributed by atoms with Gasteiger partial charge < -0.3 is 5.32 Å². The van der Waals surface area contributed by atoms with Crippen molar-refractivity contribution < 1.29 is 13.2 Å². The van der Waals surface area contributed by atoms with Gasteiger partial charge in [0.15, 0.2) is 14.9 Å². The molecule has 0 unspecified atom stereocenters. The molecular formula is C25H24N6O5S. The molecule has 0 radical (unpaired) electrons. The fraction of sp³-hybridized carbons (Fsp3) is 0.240. The lowest BCUT2D eigenvalue weighted by molar-refractivity contribution is 0.0952. The highest BCUT2D eigenvalue weighted by Gasteiger charge is 2.32. The molecule has 0 saturated heterocycles. The van der Waals surface area contributed by atoms with Crippen LogP contribution in [0, 0.1) is 0 Å². The Labute approximate surface area is 211 Å². The fourth-order valence-corrected chi connectivity index (χ4v) is 6.14. The number of aromatic nitrogens is 5. The van der Waals surface area contributed by atoms with Gasteiger partial charge in [-0.3, -0.25) is 23.3 Å². The SMILES string of the molecule is O=C(NCCCn1c(=O)c(-c2ccccc2)c2n(c1=O)CCCS2(=O)=O)c1ccc(-n2cnnc2)cc1. The van der Waals surface area contributed by atoms with Crippen LogP contribution < -0.4 is 16.6 Å². The molecule has 0 aliphatic carbocycles. The third kappa shape index (κ3) is 4.75. The average molecular weight is 521 g/mol. The Kier molecular flexibility index (Phi) is 6.57. The summed E-state index contributed by atoms with van der Waals surface area (Å²) in [7, 11) is -3.78. The van der Waals surface area contributed by atoms with Gasteiger partial charge in [-0.1, -0.05) is 30.3 Å². The van der Waals surface area contributed by atoms with Crippen molar-refractivity contribution in [3.8, 4) is 16.8 Å². The van der Waals surface area contributed by atoms with E-state index in [1.165, 1.54) is 4.57 Å². The van der Waals surface area contributed by atoms with E-state index in [0.717, 1.165) is 10.3 Å². The van der Waals surface area contributed by atoms with Gasteiger partial charge in [0.05, 0.1) is 11.3 Å². The third-order valence-corrected chi connectivity index (χ3v) is 8.06. The van der Waals surface area contributed by atoms with E-state index in [-0.39, 0.29) is 41.9 Å². The summed E-state index contributed by atoms with van der Waals surface area (Å²) in [6, 6.07) is 15.4. The number of nitrogens with zero attached hydrogens (tertiary/aromatic N) is 5. The van der Waals surface area contributed by atoms with Gasteiger partial charge in [0.1, 0.15) is 12.7 Å². The fourth-order valence-electron chi connectivity index (χ4n) is 4.42. The Morgan fingerprint density at radius 1 is 0.973 bits per heavy atom. The maximum Gasteiger partial charge on any atom is 0.332 e. The summed E-state index contributed by atoms with van der Waals surface area (Å²) < 4.78 is 29.7. The number of nitrogens with one attached hydrogen (secondary N) is 1. The van der Waals surface area contributed by atoms with Crippen molar-refractivity contribution >= 4 is 15.7 Å². The second kappa shape index (κ2) is 9.97. The molecule has 0 saturated carbocycles. The summed E-state index contributed by atoms with van der Waals surface area (Å²) in [6.45, 7) is 0.471. The zero-order valence-corrected chi connectivity index (χ0v) is 20.6. The number of rotatable bonds is 7. The second-order valence-electron chi connectivity index (χ2n) is 8.64. The van der Waals surface area contributed by atoms with E-state index in [2.05, 4.69) is 15.5 Å². The standard InChI is InChI=1S/C25H24N6O5S/c32-22(19-8-10-20(11-9-19)29-16-27-28-17-29)26-12-4-13-30-23(33)21(18-6-2-1-3-7-18)24-31(25(30)34)14-5-15-37(24,35)36/h1-3,6-11,16-17H,4-5,12-15H2,(H,26,32). The van der Waals surface area contributed by atoms with Crippen LogP contribution in [0.15, 0.2) is 81.9 Å². The Bertz CT molecular complexity index is 1660. The number of amides is 1. The highest BCUT2D eigenvalue weighted by atomic mass is 32.2. The Morgan fingerprint density at radius 2 is 1.68 bits per heavy atom. The normalized spacial score (nSPS) is 14.2. The number of hydrogen-bond donors (Lipinski definition) is 1. The molecule has 2 aromatic carbocycles. The van der Waals surface area contributed by atoms with Crippen LogP contribution in [-0.4, -0.2) is 50.5 Å². The molecule has 11 nitrogen and oxygen atoms in total. The maximum atomic E-state index is 13.4. The van der Waals surface area contributed by atoms with E-state index in [4.69, 9.17) is 0 Å². The first-order valence-corrected chi connectivity index (χ1v) is 13.4. The van der Waals surface area contributed by atoms with Crippen molar-refractivity contribution in [1.82, 2.24) is 29.2 Å². The monoisotopic (exact) mass is 520 g/mol. The number of hydrogen-bond acceptors (Lipinski definition) is 7. The van der Waals surface area contributed by atoms with Crippen molar-refractivity contribution in [1.29, 1.82) is 0 Å². The Morgan fingerprint density at radius 3 is 2.38 bits per heavy atom. The van der Waals surface area contributed by atoms with Gasteiger partial charge in [-0.15, -0.1) is 10.2 Å². The summed E-state index contributed by atoms with van der Waals surface area (Å²) in [5.74, 6) is -0.400. The zero-order chi connectivity index (χ0) is 26.0. The predicted octanol–water partition coefficient (Wildman–Crippen LogP) is 1.26. The highest BCUT2D eigenvalue weighted by Crippen LogP contribution is 2.27. The minimum Gasteiger partial charge on any atom is -0.352 e. The van der Waals surface area contributed by atoms with Crippen LogP contribution in [0.1, 0.15) is 23.2 Å². The smallest absolute Gasteiger partial charge is 0.332 e. The number of sulfone groups is 1. The van der Waals surface area contributed by atoms with E-state index in [1.807, 2.05) is 0 Å². The summed E-state index contributed by atoms with van der Waals surface area (Å²) in [5, 5.41) is 10.1. The molecule has 0 atom stereocenters.